The fourth-order valence-electron chi connectivity index (χ4n) is 2.34. The molecule has 1 unspecified atom stereocenters. The van der Waals surface area contributed by atoms with Gasteiger partial charge in [-0.3, -0.25) is 9.78 Å². The number of hydrogen-bond acceptors (Lipinski definition) is 6. The fourth-order valence-corrected chi connectivity index (χ4v) is 2.34. The highest BCUT2D eigenvalue weighted by molar-refractivity contribution is 6.43. The number of benzene rings is 1. The van der Waals surface area contributed by atoms with Crippen LogP contribution >= 0.6 is 0 Å². The minimum Gasteiger partial charge on any atom is -0.507 e. The van der Waals surface area contributed by atoms with Gasteiger partial charge in [-0.15, -0.1) is 0 Å². The lowest BCUT2D eigenvalue weighted by atomic mass is 9.75. The molecule has 0 aliphatic heterocycles. The van der Waals surface area contributed by atoms with Crippen LogP contribution in [0.3, 0.4) is 0 Å². The maximum Gasteiger partial charge on any atom is 0.475 e. The Labute approximate surface area is 143 Å². The highest BCUT2D eigenvalue weighted by Crippen LogP contribution is 2.24. The summed E-state index contributed by atoms with van der Waals surface area (Å²) < 4.78 is 0. The van der Waals surface area contributed by atoms with Crippen molar-refractivity contribution in [1.29, 1.82) is 0 Å². The topological polar surface area (TPSA) is 140 Å². The minimum absolute atomic E-state index is 0.00178. The monoisotopic (exact) mass is 344 g/mol. The zero-order valence-corrected chi connectivity index (χ0v) is 13.2. The largest absolute Gasteiger partial charge is 0.507 e. The Balaban J connectivity index is 2.10. The number of nitrogens with zero attached hydrogens (tertiary/aromatic N) is 1. The molecule has 8 nitrogen and oxygen atoms in total. The number of carbonyl (C=O) groups is 2. The predicted molar refractivity (Wildman–Crippen MR) is 88.8 cm³/mol. The van der Waals surface area contributed by atoms with Gasteiger partial charge < -0.3 is 25.6 Å². The molecule has 9 heteroatoms. The molecule has 0 saturated heterocycles. The van der Waals surface area contributed by atoms with E-state index in [0.29, 0.717) is 5.56 Å². The van der Waals surface area contributed by atoms with Crippen LogP contribution in [0.2, 0.25) is 0 Å². The molecule has 0 saturated carbocycles. The molecule has 1 aromatic heterocycles. The van der Waals surface area contributed by atoms with Gasteiger partial charge in [0.1, 0.15) is 11.3 Å². The highest BCUT2D eigenvalue weighted by Gasteiger charge is 2.27. The average Bonchev–Trinajstić information content (AvgIpc) is 2.56. The van der Waals surface area contributed by atoms with Crippen molar-refractivity contribution < 1.29 is 29.9 Å². The predicted octanol–water partition coefficient (Wildman–Crippen LogP) is -0.233. The molecule has 1 aromatic carbocycles. The Morgan fingerprint density at radius 2 is 1.96 bits per heavy atom. The summed E-state index contributed by atoms with van der Waals surface area (Å²) in [6.45, 7) is 0. The number of carboxylic acid groups (broad SMARTS) is 1. The summed E-state index contributed by atoms with van der Waals surface area (Å²) in [5.74, 6) is -3.35. The quantitative estimate of drug-likeness (QED) is 0.437. The number of para-hydroxylation sites is 1. The summed E-state index contributed by atoms with van der Waals surface area (Å²) in [5.41, 5.74) is 0.534. The minimum atomic E-state index is -1.88. The van der Waals surface area contributed by atoms with Crippen LogP contribution in [0, 0.1) is 0 Å². The van der Waals surface area contributed by atoms with Gasteiger partial charge in [0.2, 0.25) is 5.91 Å². The molecule has 1 heterocycles. The zero-order valence-electron chi connectivity index (χ0n) is 13.2. The van der Waals surface area contributed by atoms with E-state index in [0.717, 1.165) is 0 Å². The van der Waals surface area contributed by atoms with Crippen molar-refractivity contribution in [2.24, 2.45) is 0 Å². The van der Waals surface area contributed by atoms with Gasteiger partial charge >= 0.3 is 13.1 Å². The van der Waals surface area contributed by atoms with E-state index in [1.165, 1.54) is 24.4 Å². The summed E-state index contributed by atoms with van der Waals surface area (Å²) in [7, 11) is -1.88. The van der Waals surface area contributed by atoms with Crippen LogP contribution in [0.1, 0.15) is 21.5 Å². The fraction of sp³-hybridized carbons (Fsp3) is 0.188. The van der Waals surface area contributed by atoms with Crippen LogP contribution in [0.4, 0.5) is 0 Å². The Morgan fingerprint density at radius 3 is 2.56 bits per heavy atom. The number of amides is 1. The third-order valence-electron chi connectivity index (χ3n) is 3.58. The average molecular weight is 344 g/mol. The summed E-state index contributed by atoms with van der Waals surface area (Å²) in [6, 6.07) is 7.49. The second kappa shape index (κ2) is 8.27. The lowest BCUT2D eigenvalue weighted by molar-refractivity contribution is -0.120. The van der Waals surface area contributed by atoms with E-state index in [9.17, 15) is 24.7 Å². The standard InChI is InChI=1S/C16H17BN2O6/c20-14(7-10-3-2-6-18-9-10)19-13(17(24)25)8-11-4-1-5-12(15(11)21)16(22)23/h1-6,9,13,21,24-25H,7-8H2,(H,19,20)(H,22,23). The van der Waals surface area contributed by atoms with Crippen molar-refractivity contribution >= 4 is 19.0 Å². The van der Waals surface area contributed by atoms with Gasteiger partial charge in [-0.2, -0.15) is 0 Å². The van der Waals surface area contributed by atoms with E-state index in [4.69, 9.17) is 5.11 Å². The maximum absolute atomic E-state index is 12.1. The third kappa shape index (κ3) is 5.03. The lowest BCUT2D eigenvalue weighted by Crippen LogP contribution is -2.48. The molecule has 0 fully saturated rings. The van der Waals surface area contributed by atoms with Gasteiger partial charge in [0.05, 0.1) is 12.4 Å². The molecule has 1 atom stereocenters. The summed E-state index contributed by atoms with van der Waals surface area (Å²) in [4.78, 5) is 27.0. The van der Waals surface area contributed by atoms with E-state index in [-0.39, 0.29) is 24.0 Å². The van der Waals surface area contributed by atoms with Gasteiger partial charge in [-0.05, 0) is 29.7 Å². The second-order valence-electron chi connectivity index (χ2n) is 5.45. The summed E-state index contributed by atoms with van der Waals surface area (Å²) >= 11 is 0. The zero-order chi connectivity index (χ0) is 18.4. The van der Waals surface area contributed by atoms with E-state index in [1.807, 2.05) is 0 Å². The number of phenols is 1. The molecule has 130 valence electrons. The number of aromatic hydroxyl groups is 1. The van der Waals surface area contributed by atoms with Gasteiger partial charge in [-0.25, -0.2) is 4.79 Å². The van der Waals surface area contributed by atoms with Crippen LogP contribution in [-0.4, -0.2) is 50.2 Å². The van der Waals surface area contributed by atoms with Crippen molar-refractivity contribution in [2.45, 2.75) is 18.8 Å². The number of rotatable bonds is 7. The van der Waals surface area contributed by atoms with Crippen molar-refractivity contribution in [3.05, 3.63) is 59.4 Å². The second-order valence-corrected chi connectivity index (χ2v) is 5.45. The Bertz CT molecular complexity index is 754. The lowest BCUT2D eigenvalue weighted by Gasteiger charge is -2.19. The van der Waals surface area contributed by atoms with Crippen LogP contribution in [0.15, 0.2) is 42.7 Å². The number of hydrogen-bond donors (Lipinski definition) is 5. The molecule has 0 spiro atoms. The molecule has 25 heavy (non-hydrogen) atoms. The molecular weight excluding hydrogens is 327 g/mol. The molecule has 0 aliphatic rings. The van der Waals surface area contributed by atoms with Crippen LogP contribution in [-0.2, 0) is 17.6 Å². The first-order valence-electron chi connectivity index (χ1n) is 7.47. The van der Waals surface area contributed by atoms with E-state index in [1.54, 1.807) is 18.3 Å². The molecule has 0 aliphatic carbocycles. The smallest absolute Gasteiger partial charge is 0.475 e. The third-order valence-corrected chi connectivity index (χ3v) is 3.58. The van der Waals surface area contributed by atoms with E-state index in [2.05, 4.69) is 10.3 Å². The number of carbonyl (C=O) groups excluding carboxylic acids is 1. The molecule has 2 aromatic rings. The summed E-state index contributed by atoms with van der Waals surface area (Å²) in [6.07, 6.45) is 2.94. The van der Waals surface area contributed by atoms with Crippen molar-refractivity contribution in [2.75, 3.05) is 0 Å². The number of aromatic carboxylic acids is 1. The molecule has 5 N–H and O–H groups in total. The number of carboxylic acids is 1. The molecular formula is C16H17BN2O6. The molecule has 2 rings (SSSR count). The number of aromatic nitrogens is 1. The molecule has 0 radical (unpaired) electrons. The van der Waals surface area contributed by atoms with Gasteiger partial charge in [0, 0.05) is 12.4 Å². The first-order chi connectivity index (χ1) is 11.9. The van der Waals surface area contributed by atoms with Crippen molar-refractivity contribution in [3.8, 4) is 5.75 Å². The Morgan fingerprint density at radius 1 is 1.20 bits per heavy atom. The van der Waals surface area contributed by atoms with E-state index >= 15 is 0 Å². The maximum atomic E-state index is 12.1. The first-order valence-corrected chi connectivity index (χ1v) is 7.47. The Kier molecular flexibility index (Phi) is 6.10. The van der Waals surface area contributed by atoms with Crippen molar-refractivity contribution in [3.63, 3.8) is 0 Å². The van der Waals surface area contributed by atoms with Gasteiger partial charge in [0.25, 0.3) is 0 Å². The molecule has 1 amide bonds. The first kappa shape index (κ1) is 18.4. The van der Waals surface area contributed by atoms with Crippen LogP contribution in [0.25, 0.3) is 0 Å². The van der Waals surface area contributed by atoms with Crippen LogP contribution in [0.5, 0.6) is 5.75 Å². The number of nitrogens with one attached hydrogen (secondary N) is 1. The SMILES string of the molecule is O=C(Cc1cccnc1)NC(Cc1cccc(C(=O)O)c1O)B(O)O. The van der Waals surface area contributed by atoms with Gasteiger partial charge in [0.15, 0.2) is 0 Å². The Hall–Kier alpha value is -2.91. The molecule has 0 bridgehead atoms. The normalized spacial score (nSPS) is 11.6. The van der Waals surface area contributed by atoms with Crippen molar-refractivity contribution in [1.82, 2.24) is 10.3 Å². The summed E-state index contributed by atoms with van der Waals surface area (Å²) in [5, 5.41) is 40.4. The van der Waals surface area contributed by atoms with Crippen LogP contribution < -0.4 is 5.32 Å². The van der Waals surface area contributed by atoms with E-state index < -0.39 is 30.7 Å². The highest BCUT2D eigenvalue weighted by atomic mass is 16.4. The number of pyridine rings is 1. The van der Waals surface area contributed by atoms with Gasteiger partial charge in [-0.1, -0.05) is 18.2 Å².